The Morgan fingerprint density at radius 3 is 2.82 bits per heavy atom. The van der Waals surface area contributed by atoms with Crippen LogP contribution in [0.15, 0.2) is 23.1 Å². The average molecular weight is 257 g/mol. The minimum absolute atomic E-state index is 0.0794. The van der Waals surface area contributed by atoms with E-state index in [4.69, 9.17) is 0 Å². The number of nitrogens with one attached hydrogen (secondary N) is 1. The zero-order valence-electron chi connectivity index (χ0n) is 9.90. The molecule has 1 heterocycles. The first-order valence-corrected chi connectivity index (χ1v) is 7.28. The van der Waals surface area contributed by atoms with Gasteiger partial charge in [0.15, 0.2) is 9.84 Å². The first-order valence-electron chi connectivity index (χ1n) is 5.73. The molecule has 0 amide bonds. The number of halogens is 1. The summed E-state index contributed by atoms with van der Waals surface area (Å²) in [4.78, 5) is 0.267. The van der Waals surface area contributed by atoms with Gasteiger partial charge < -0.3 is 5.32 Å². The average Bonchev–Trinajstić information content (AvgIpc) is 2.26. The van der Waals surface area contributed by atoms with Crippen molar-refractivity contribution in [1.29, 1.82) is 0 Å². The first-order chi connectivity index (χ1) is 7.96. The molecular weight excluding hydrogens is 241 g/mol. The fraction of sp³-hybridized carbons (Fsp3) is 0.500. The van der Waals surface area contributed by atoms with Crippen LogP contribution in [0.4, 0.5) is 4.39 Å². The van der Waals surface area contributed by atoms with Crippen molar-refractivity contribution in [3.05, 3.63) is 29.6 Å². The van der Waals surface area contributed by atoms with E-state index in [1.165, 1.54) is 18.2 Å². The summed E-state index contributed by atoms with van der Waals surface area (Å²) in [5.41, 5.74) is 0.560. The SMILES string of the molecule is CCNC1CC(C)S(=O)(=O)c2ccc(F)cc21. The van der Waals surface area contributed by atoms with E-state index in [1.807, 2.05) is 6.92 Å². The van der Waals surface area contributed by atoms with Crippen molar-refractivity contribution in [2.75, 3.05) is 6.54 Å². The predicted molar refractivity (Wildman–Crippen MR) is 64.1 cm³/mol. The molecule has 0 bridgehead atoms. The summed E-state index contributed by atoms with van der Waals surface area (Å²) in [6, 6.07) is 3.83. The molecule has 94 valence electrons. The quantitative estimate of drug-likeness (QED) is 0.825. The van der Waals surface area contributed by atoms with E-state index in [1.54, 1.807) is 6.92 Å². The molecule has 0 fully saturated rings. The largest absolute Gasteiger partial charge is 0.310 e. The Balaban J connectivity index is 2.58. The number of rotatable bonds is 2. The number of fused-ring (bicyclic) bond motifs is 1. The lowest BCUT2D eigenvalue weighted by Crippen LogP contribution is -2.34. The molecule has 2 rings (SSSR count). The Hall–Kier alpha value is -0.940. The van der Waals surface area contributed by atoms with Gasteiger partial charge in [0.2, 0.25) is 0 Å². The van der Waals surface area contributed by atoms with Crippen LogP contribution in [0.5, 0.6) is 0 Å². The Bertz CT molecular complexity index is 527. The minimum Gasteiger partial charge on any atom is -0.310 e. The lowest BCUT2D eigenvalue weighted by molar-refractivity contribution is 0.470. The summed E-state index contributed by atoms with van der Waals surface area (Å²) in [6.45, 7) is 4.38. The van der Waals surface area contributed by atoms with Gasteiger partial charge in [0.05, 0.1) is 10.1 Å². The van der Waals surface area contributed by atoms with Crippen molar-refractivity contribution in [1.82, 2.24) is 5.32 Å². The van der Waals surface area contributed by atoms with Crippen molar-refractivity contribution in [2.24, 2.45) is 0 Å². The van der Waals surface area contributed by atoms with Gasteiger partial charge in [-0.25, -0.2) is 12.8 Å². The third kappa shape index (κ3) is 2.09. The van der Waals surface area contributed by atoms with E-state index in [9.17, 15) is 12.8 Å². The molecular formula is C12H16FNO2S. The molecule has 5 heteroatoms. The second-order valence-electron chi connectivity index (χ2n) is 4.38. The predicted octanol–water partition coefficient (Wildman–Crippen LogP) is 2.04. The maximum atomic E-state index is 13.2. The van der Waals surface area contributed by atoms with E-state index in [2.05, 4.69) is 5.32 Å². The van der Waals surface area contributed by atoms with Crippen LogP contribution in [0.2, 0.25) is 0 Å². The molecule has 1 aromatic carbocycles. The number of hydrogen-bond acceptors (Lipinski definition) is 3. The molecule has 2 unspecified atom stereocenters. The highest BCUT2D eigenvalue weighted by Crippen LogP contribution is 2.36. The first kappa shape index (κ1) is 12.5. The van der Waals surface area contributed by atoms with Gasteiger partial charge in [-0.15, -0.1) is 0 Å². The Morgan fingerprint density at radius 1 is 1.47 bits per heavy atom. The highest BCUT2D eigenvalue weighted by molar-refractivity contribution is 7.92. The van der Waals surface area contributed by atoms with E-state index in [0.29, 0.717) is 12.0 Å². The van der Waals surface area contributed by atoms with Gasteiger partial charge in [0.25, 0.3) is 0 Å². The molecule has 17 heavy (non-hydrogen) atoms. The van der Waals surface area contributed by atoms with Crippen LogP contribution in [-0.2, 0) is 9.84 Å². The zero-order valence-corrected chi connectivity index (χ0v) is 10.7. The van der Waals surface area contributed by atoms with Gasteiger partial charge in [-0.3, -0.25) is 0 Å². The van der Waals surface area contributed by atoms with Crippen molar-refractivity contribution < 1.29 is 12.8 Å². The van der Waals surface area contributed by atoms with Crippen molar-refractivity contribution in [3.63, 3.8) is 0 Å². The molecule has 1 aliphatic heterocycles. The molecule has 1 aromatic rings. The van der Waals surface area contributed by atoms with Gasteiger partial charge >= 0.3 is 0 Å². The Labute approximate surface area is 101 Å². The molecule has 3 nitrogen and oxygen atoms in total. The van der Waals surface area contributed by atoms with Crippen LogP contribution in [0, 0.1) is 5.82 Å². The lowest BCUT2D eigenvalue weighted by atomic mass is 10.0. The number of benzene rings is 1. The van der Waals surface area contributed by atoms with E-state index in [-0.39, 0.29) is 10.9 Å². The van der Waals surface area contributed by atoms with Gasteiger partial charge in [-0.05, 0) is 43.7 Å². The third-order valence-electron chi connectivity index (χ3n) is 3.20. The minimum atomic E-state index is -3.30. The van der Waals surface area contributed by atoms with Crippen molar-refractivity contribution >= 4 is 9.84 Å². The smallest absolute Gasteiger partial charge is 0.181 e. The monoisotopic (exact) mass is 257 g/mol. The van der Waals surface area contributed by atoms with E-state index >= 15 is 0 Å². The van der Waals surface area contributed by atoms with Crippen molar-refractivity contribution in [3.8, 4) is 0 Å². The van der Waals surface area contributed by atoms with Crippen LogP contribution in [0.3, 0.4) is 0 Å². The molecule has 1 N–H and O–H groups in total. The third-order valence-corrected chi connectivity index (χ3v) is 5.44. The molecule has 0 saturated heterocycles. The zero-order chi connectivity index (χ0) is 12.6. The second-order valence-corrected chi connectivity index (χ2v) is 6.72. The second kappa shape index (κ2) is 4.38. The van der Waals surface area contributed by atoms with E-state index in [0.717, 1.165) is 6.54 Å². The Morgan fingerprint density at radius 2 is 2.18 bits per heavy atom. The van der Waals surface area contributed by atoms with Crippen LogP contribution in [0.1, 0.15) is 31.9 Å². The summed E-state index contributed by atoms with van der Waals surface area (Å²) in [6.07, 6.45) is 0.493. The number of sulfone groups is 1. The van der Waals surface area contributed by atoms with Gasteiger partial charge in [-0.1, -0.05) is 6.92 Å². The van der Waals surface area contributed by atoms with E-state index < -0.39 is 20.9 Å². The molecule has 0 aromatic heterocycles. The van der Waals surface area contributed by atoms with Gasteiger partial charge in [-0.2, -0.15) is 0 Å². The van der Waals surface area contributed by atoms with Crippen LogP contribution >= 0.6 is 0 Å². The van der Waals surface area contributed by atoms with Crippen LogP contribution in [-0.4, -0.2) is 20.2 Å². The molecule has 1 aliphatic rings. The highest BCUT2D eigenvalue weighted by atomic mass is 32.2. The maximum absolute atomic E-state index is 13.2. The van der Waals surface area contributed by atoms with Gasteiger partial charge in [0.1, 0.15) is 5.82 Å². The maximum Gasteiger partial charge on any atom is 0.181 e. The summed E-state index contributed by atoms with van der Waals surface area (Å²) >= 11 is 0. The summed E-state index contributed by atoms with van der Waals surface area (Å²) in [5.74, 6) is -0.392. The molecule has 0 radical (unpaired) electrons. The summed E-state index contributed by atoms with van der Waals surface area (Å²) in [7, 11) is -3.30. The van der Waals surface area contributed by atoms with Crippen molar-refractivity contribution in [2.45, 2.75) is 36.5 Å². The summed E-state index contributed by atoms with van der Waals surface area (Å²) in [5, 5.41) is 2.78. The molecule has 0 spiro atoms. The Kier molecular flexibility index (Phi) is 3.23. The highest BCUT2D eigenvalue weighted by Gasteiger charge is 2.35. The fourth-order valence-electron chi connectivity index (χ4n) is 2.29. The fourth-order valence-corrected chi connectivity index (χ4v) is 3.96. The van der Waals surface area contributed by atoms with Crippen LogP contribution < -0.4 is 5.32 Å². The normalized spacial score (nSPS) is 26.5. The summed E-state index contributed by atoms with van der Waals surface area (Å²) < 4.78 is 37.5. The topological polar surface area (TPSA) is 46.2 Å². The molecule has 2 atom stereocenters. The van der Waals surface area contributed by atoms with Gasteiger partial charge in [0, 0.05) is 6.04 Å². The number of hydrogen-bond donors (Lipinski definition) is 1. The lowest BCUT2D eigenvalue weighted by Gasteiger charge is -2.30. The molecule has 0 aliphatic carbocycles. The van der Waals surface area contributed by atoms with Crippen LogP contribution in [0.25, 0.3) is 0 Å². The standard InChI is InChI=1S/C12H16FNO2S/c1-3-14-11-6-8(2)17(15,16)12-5-4-9(13)7-10(11)12/h4-5,7-8,11,14H,3,6H2,1-2H3. The molecule has 0 saturated carbocycles.